The highest BCUT2D eigenvalue weighted by atomic mass is 32.2. The summed E-state index contributed by atoms with van der Waals surface area (Å²) in [5, 5.41) is 7.16. The Morgan fingerprint density at radius 2 is 2.21 bits per heavy atom. The molecule has 1 unspecified atom stereocenters. The molecule has 0 saturated carbocycles. The first-order chi connectivity index (χ1) is 11.8. The summed E-state index contributed by atoms with van der Waals surface area (Å²) in [6.07, 6.45) is 4.64. The molecule has 2 aliphatic rings. The number of nitrogens with zero attached hydrogens (tertiary/aromatic N) is 2. The van der Waals surface area contributed by atoms with Gasteiger partial charge in [0.2, 0.25) is 5.91 Å². The Kier molecular flexibility index (Phi) is 6.01. The third-order valence-electron chi connectivity index (χ3n) is 4.56. The standard InChI is InChI=1S/C18H26N4OS/c1-19-18(20-12-15-8-5-11-24-15)21-13-17(23)22-10-4-7-14-6-2-3-9-16(14)22/h2-3,6,9,15H,4-5,7-8,10-13H2,1H3,(H2,19,20,21). The first kappa shape index (κ1) is 17.1. The van der Waals surface area contributed by atoms with Crippen LogP contribution in [0.25, 0.3) is 0 Å². The highest BCUT2D eigenvalue weighted by Crippen LogP contribution is 2.26. The van der Waals surface area contributed by atoms with E-state index in [0.29, 0.717) is 11.2 Å². The minimum atomic E-state index is 0.0975. The number of carbonyl (C=O) groups is 1. The van der Waals surface area contributed by atoms with Crippen LogP contribution in [0.15, 0.2) is 29.3 Å². The van der Waals surface area contributed by atoms with Crippen LogP contribution in [0, 0.1) is 0 Å². The van der Waals surface area contributed by atoms with Gasteiger partial charge in [-0.3, -0.25) is 9.79 Å². The predicted molar refractivity (Wildman–Crippen MR) is 102 cm³/mol. The van der Waals surface area contributed by atoms with Gasteiger partial charge >= 0.3 is 0 Å². The zero-order chi connectivity index (χ0) is 16.8. The summed E-state index contributed by atoms with van der Waals surface area (Å²) in [7, 11) is 1.75. The van der Waals surface area contributed by atoms with E-state index in [4.69, 9.17) is 0 Å². The quantitative estimate of drug-likeness (QED) is 0.647. The van der Waals surface area contributed by atoms with Gasteiger partial charge in [0.15, 0.2) is 5.96 Å². The maximum absolute atomic E-state index is 12.6. The van der Waals surface area contributed by atoms with Crippen LogP contribution in [-0.4, -0.2) is 49.6 Å². The van der Waals surface area contributed by atoms with E-state index < -0.39 is 0 Å². The highest BCUT2D eigenvalue weighted by molar-refractivity contribution is 8.00. The monoisotopic (exact) mass is 346 g/mol. The summed E-state index contributed by atoms with van der Waals surface area (Å²) in [5.74, 6) is 2.06. The number of para-hydroxylation sites is 1. The number of thioether (sulfide) groups is 1. The number of aryl methyl sites for hydroxylation is 1. The molecule has 5 nitrogen and oxygen atoms in total. The molecule has 130 valence electrons. The Labute approximate surface area is 148 Å². The van der Waals surface area contributed by atoms with E-state index in [2.05, 4.69) is 21.7 Å². The molecule has 0 bridgehead atoms. The Morgan fingerprint density at radius 3 is 3.00 bits per heavy atom. The molecule has 0 aliphatic carbocycles. The highest BCUT2D eigenvalue weighted by Gasteiger charge is 2.22. The first-order valence-corrected chi connectivity index (χ1v) is 9.77. The van der Waals surface area contributed by atoms with Crippen molar-refractivity contribution in [2.24, 2.45) is 4.99 Å². The molecule has 0 spiro atoms. The van der Waals surface area contributed by atoms with Crippen molar-refractivity contribution >= 4 is 29.3 Å². The second kappa shape index (κ2) is 8.42. The molecule has 2 heterocycles. The number of amides is 1. The van der Waals surface area contributed by atoms with Gasteiger partial charge in [0.1, 0.15) is 0 Å². The molecule has 0 radical (unpaired) electrons. The SMILES string of the molecule is CN=C(NCC(=O)N1CCCc2ccccc21)NCC1CCCS1. The second-order valence-electron chi connectivity index (χ2n) is 6.22. The average Bonchev–Trinajstić information content (AvgIpc) is 3.14. The van der Waals surface area contributed by atoms with Crippen LogP contribution in [0.4, 0.5) is 5.69 Å². The van der Waals surface area contributed by atoms with Gasteiger partial charge in [0.05, 0.1) is 6.54 Å². The third kappa shape index (κ3) is 4.23. The predicted octanol–water partition coefficient (Wildman–Crippen LogP) is 2.03. The molecular formula is C18H26N4OS. The summed E-state index contributed by atoms with van der Waals surface area (Å²) >= 11 is 2.01. The molecule has 1 fully saturated rings. The number of nitrogens with one attached hydrogen (secondary N) is 2. The molecule has 1 amide bonds. The largest absolute Gasteiger partial charge is 0.355 e. The normalized spacial score (nSPS) is 20.6. The fourth-order valence-corrected chi connectivity index (χ4v) is 4.49. The lowest BCUT2D eigenvalue weighted by molar-refractivity contribution is -0.117. The lowest BCUT2D eigenvalue weighted by Gasteiger charge is -2.29. The molecular weight excluding hydrogens is 320 g/mol. The third-order valence-corrected chi connectivity index (χ3v) is 5.96. The fourth-order valence-electron chi connectivity index (χ4n) is 3.28. The number of hydrogen-bond donors (Lipinski definition) is 2. The van der Waals surface area contributed by atoms with E-state index >= 15 is 0 Å². The zero-order valence-electron chi connectivity index (χ0n) is 14.3. The van der Waals surface area contributed by atoms with Crippen LogP contribution in [-0.2, 0) is 11.2 Å². The maximum Gasteiger partial charge on any atom is 0.246 e. The number of fused-ring (bicyclic) bond motifs is 1. The van der Waals surface area contributed by atoms with Crippen LogP contribution in [0.5, 0.6) is 0 Å². The molecule has 24 heavy (non-hydrogen) atoms. The van der Waals surface area contributed by atoms with Gasteiger partial charge in [0, 0.05) is 31.1 Å². The smallest absolute Gasteiger partial charge is 0.246 e. The van der Waals surface area contributed by atoms with E-state index in [1.165, 1.54) is 24.2 Å². The minimum Gasteiger partial charge on any atom is -0.355 e. The Bertz CT molecular complexity index is 598. The van der Waals surface area contributed by atoms with Gasteiger partial charge in [0.25, 0.3) is 0 Å². The van der Waals surface area contributed by atoms with Crippen molar-refractivity contribution in [3.63, 3.8) is 0 Å². The topological polar surface area (TPSA) is 56.7 Å². The van der Waals surface area contributed by atoms with E-state index in [9.17, 15) is 4.79 Å². The Hall–Kier alpha value is -1.69. The van der Waals surface area contributed by atoms with Crippen molar-refractivity contribution in [3.8, 4) is 0 Å². The van der Waals surface area contributed by atoms with E-state index in [-0.39, 0.29) is 12.5 Å². The minimum absolute atomic E-state index is 0.0975. The van der Waals surface area contributed by atoms with Crippen molar-refractivity contribution in [1.29, 1.82) is 0 Å². The number of guanidine groups is 1. The van der Waals surface area contributed by atoms with Crippen molar-refractivity contribution < 1.29 is 4.79 Å². The molecule has 1 saturated heterocycles. The van der Waals surface area contributed by atoms with Gasteiger partial charge in [-0.2, -0.15) is 11.8 Å². The van der Waals surface area contributed by atoms with Crippen LogP contribution < -0.4 is 15.5 Å². The van der Waals surface area contributed by atoms with Crippen LogP contribution in [0.3, 0.4) is 0 Å². The first-order valence-electron chi connectivity index (χ1n) is 8.72. The molecule has 2 aliphatic heterocycles. The lowest BCUT2D eigenvalue weighted by atomic mass is 10.0. The summed E-state index contributed by atoms with van der Waals surface area (Å²) in [5.41, 5.74) is 2.32. The van der Waals surface area contributed by atoms with Crippen LogP contribution in [0.2, 0.25) is 0 Å². The maximum atomic E-state index is 12.6. The van der Waals surface area contributed by atoms with E-state index in [1.54, 1.807) is 7.05 Å². The summed E-state index contributed by atoms with van der Waals surface area (Å²) < 4.78 is 0. The van der Waals surface area contributed by atoms with Gasteiger partial charge in [-0.25, -0.2) is 0 Å². The van der Waals surface area contributed by atoms with Crippen molar-refractivity contribution in [3.05, 3.63) is 29.8 Å². The molecule has 6 heteroatoms. The second-order valence-corrected chi connectivity index (χ2v) is 7.63. The number of rotatable bonds is 4. The van der Waals surface area contributed by atoms with Crippen molar-refractivity contribution in [2.75, 3.05) is 37.3 Å². The number of hydrogen-bond acceptors (Lipinski definition) is 3. The molecule has 1 atom stereocenters. The lowest BCUT2D eigenvalue weighted by Crippen LogP contribution is -2.47. The fraction of sp³-hybridized carbons (Fsp3) is 0.556. The molecule has 2 N–H and O–H groups in total. The van der Waals surface area contributed by atoms with Gasteiger partial charge < -0.3 is 15.5 Å². The summed E-state index contributed by atoms with van der Waals surface area (Å²) in [6, 6.07) is 8.19. The number of carbonyl (C=O) groups excluding carboxylic acids is 1. The van der Waals surface area contributed by atoms with Gasteiger partial charge in [-0.15, -0.1) is 0 Å². The molecule has 0 aromatic heterocycles. The van der Waals surface area contributed by atoms with Crippen LogP contribution >= 0.6 is 11.8 Å². The number of aliphatic imine (C=N–C) groups is 1. The van der Waals surface area contributed by atoms with Gasteiger partial charge in [-0.1, -0.05) is 18.2 Å². The number of anilines is 1. The number of benzene rings is 1. The molecule has 1 aromatic rings. The van der Waals surface area contributed by atoms with Crippen molar-refractivity contribution in [1.82, 2.24) is 10.6 Å². The van der Waals surface area contributed by atoms with Crippen molar-refractivity contribution in [2.45, 2.75) is 30.9 Å². The molecule has 1 aromatic carbocycles. The van der Waals surface area contributed by atoms with Gasteiger partial charge in [-0.05, 0) is 43.1 Å². The Morgan fingerprint density at radius 1 is 1.33 bits per heavy atom. The summed E-state index contributed by atoms with van der Waals surface area (Å²) in [4.78, 5) is 18.7. The van der Waals surface area contributed by atoms with E-state index in [0.717, 1.165) is 31.6 Å². The molecule has 3 rings (SSSR count). The zero-order valence-corrected chi connectivity index (χ0v) is 15.1. The summed E-state index contributed by atoms with van der Waals surface area (Å²) in [6.45, 7) is 1.97. The Balaban J connectivity index is 1.51. The van der Waals surface area contributed by atoms with Crippen LogP contribution in [0.1, 0.15) is 24.8 Å². The average molecular weight is 347 g/mol. The van der Waals surface area contributed by atoms with E-state index in [1.807, 2.05) is 34.9 Å².